The van der Waals surface area contributed by atoms with Gasteiger partial charge in [-0.15, -0.1) is 0 Å². The third-order valence-electron chi connectivity index (χ3n) is 5.05. The molecule has 3 rings (SSSR count). The van der Waals surface area contributed by atoms with Gasteiger partial charge in [0.2, 0.25) is 15.9 Å². The smallest absolute Gasteiger partial charge is 0.269 e. The summed E-state index contributed by atoms with van der Waals surface area (Å²) in [7, 11) is -3.63. The summed E-state index contributed by atoms with van der Waals surface area (Å²) in [5, 5.41) is 10.8. The number of amides is 1. The monoisotopic (exact) mass is 448 g/mol. The van der Waals surface area contributed by atoms with Gasteiger partial charge in [0, 0.05) is 44.0 Å². The number of non-ortho nitro benzene ring substituents is 1. The van der Waals surface area contributed by atoms with Crippen LogP contribution in [0.15, 0.2) is 47.4 Å². The van der Waals surface area contributed by atoms with Gasteiger partial charge in [0.25, 0.3) is 5.69 Å². The van der Waals surface area contributed by atoms with Gasteiger partial charge in [-0.1, -0.05) is 0 Å². The van der Waals surface area contributed by atoms with E-state index in [0.717, 1.165) is 0 Å². The summed E-state index contributed by atoms with van der Waals surface area (Å²) in [6.07, 6.45) is 0.126. The maximum Gasteiger partial charge on any atom is 0.269 e. The van der Waals surface area contributed by atoms with Crippen LogP contribution in [0.5, 0.6) is 5.75 Å². The van der Waals surface area contributed by atoms with Crippen molar-refractivity contribution in [3.8, 4) is 5.75 Å². The summed E-state index contributed by atoms with van der Waals surface area (Å²) in [6.45, 7) is 2.83. The molecule has 1 heterocycles. The largest absolute Gasteiger partial charge is 0.493 e. The molecule has 0 atom stereocenters. The second kappa shape index (κ2) is 9.31. The number of nitrogens with zero attached hydrogens (tertiary/aromatic N) is 3. The predicted molar refractivity (Wildman–Crippen MR) is 114 cm³/mol. The molecule has 0 unspecified atom stereocenters. The van der Waals surface area contributed by atoms with E-state index in [1.54, 1.807) is 24.0 Å². The summed E-state index contributed by atoms with van der Waals surface area (Å²) in [5.74, 6) is 0.349. The summed E-state index contributed by atoms with van der Waals surface area (Å²) in [5.41, 5.74) is 6.69. The van der Waals surface area contributed by atoms with Crippen molar-refractivity contribution in [1.82, 2.24) is 9.21 Å². The Morgan fingerprint density at radius 2 is 1.77 bits per heavy atom. The van der Waals surface area contributed by atoms with Gasteiger partial charge >= 0.3 is 0 Å². The fourth-order valence-corrected chi connectivity index (χ4v) is 4.70. The zero-order valence-corrected chi connectivity index (χ0v) is 17.9. The van der Waals surface area contributed by atoms with Gasteiger partial charge in [-0.05, 0) is 42.8 Å². The topological polar surface area (TPSA) is 136 Å². The normalized spacial score (nSPS) is 14.9. The van der Waals surface area contributed by atoms with Crippen molar-refractivity contribution in [2.45, 2.75) is 18.2 Å². The van der Waals surface area contributed by atoms with Crippen LogP contribution < -0.4 is 10.5 Å². The molecule has 11 heteroatoms. The van der Waals surface area contributed by atoms with Crippen LogP contribution in [0, 0.1) is 17.0 Å². The molecule has 2 N–H and O–H groups in total. The van der Waals surface area contributed by atoms with Crippen LogP contribution in [0.2, 0.25) is 0 Å². The minimum Gasteiger partial charge on any atom is -0.493 e. The number of nitrogens with two attached hydrogens (primary N) is 1. The lowest BCUT2D eigenvalue weighted by Crippen LogP contribution is -2.50. The van der Waals surface area contributed by atoms with Crippen LogP contribution in [0.4, 0.5) is 11.4 Å². The first-order chi connectivity index (χ1) is 14.7. The molecule has 31 heavy (non-hydrogen) atoms. The Labute approximate surface area is 180 Å². The molecule has 166 valence electrons. The van der Waals surface area contributed by atoms with Crippen molar-refractivity contribution in [1.29, 1.82) is 0 Å². The number of anilines is 1. The SMILES string of the molecule is Cc1cc([N+](=O)[O-])ccc1OCCC(=O)N1CCN(S(=O)(=O)c2ccc(N)cc2)CC1. The van der Waals surface area contributed by atoms with Crippen molar-refractivity contribution < 1.29 is 22.9 Å². The number of hydrogen-bond acceptors (Lipinski definition) is 7. The molecule has 1 fully saturated rings. The number of piperazine rings is 1. The molecular weight excluding hydrogens is 424 g/mol. The number of nitro groups is 1. The van der Waals surface area contributed by atoms with Gasteiger partial charge in [0.1, 0.15) is 5.75 Å². The van der Waals surface area contributed by atoms with Crippen molar-refractivity contribution >= 4 is 27.3 Å². The maximum atomic E-state index is 12.7. The molecule has 10 nitrogen and oxygen atoms in total. The van der Waals surface area contributed by atoms with Crippen molar-refractivity contribution in [3.05, 3.63) is 58.1 Å². The van der Waals surface area contributed by atoms with Crippen LogP contribution in [0.1, 0.15) is 12.0 Å². The molecule has 1 amide bonds. The minimum absolute atomic E-state index is 0.0206. The van der Waals surface area contributed by atoms with E-state index >= 15 is 0 Å². The summed E-state index contributed by atoms with van der Waals surface area (Å²) >= 11 is 0. The number of hydrogen-bond donors (Lipinski definition) is 1. The van der Waals surface area contributed by atoms with Crippen LogP contribution in [-0.2, 0) is 14.8 Å². The van der Waals surface area contributed by atoms with Gasteiger partial charge in [-0.2, -0.15) is 4.31 Å². The fraction of sp³-hybridized carbons (Fsp3) is 0.350. The third-order valence-corrected chi connectivity index (χ3v) is 6.96. The second-order valence-corrected chi connectivity index (χ2v) is 9.10. The number of benzene rings is 2. The van der Waals surface area contributed by atoms with E-state index in [1.165, 1.54) is 34.6 Å². The van der Waals surface area contributed by atoms with E-state index in [0.29, 0.717) is 30.1 Å². The number of aryl methyl sites for hydroxylation is 1. The highest BCUT2D eigenvalue weighted by molar-refractivity contribution is 7.89. The van der Waals surface area contributed by atoms with Gasteiger partial charge in [-0.3, -0.25) is 14.9 Å². The number of rotatable bonds is 7. The zero-order chi connectivity index (χ0) is 22.6. The maximum absolute atomic E-state index is 12.7. The van der Waals surface area contributed by atoms with E-state index in [4.69, 9.17) is 10.5 Å². The molecule has 0 radical (unpaired) electrons. The first-order valence-electron chi connectivity index (χ1n) is 9.70. The Morgan fingerprint density at radius 3 is 2.35 bits per heavy atom. The molecule has 2 aromatic rings. The van der Waals surface area contributed by atoms with Crippen molar-refractivity contribution in [2.75, 3.05) is 38.5 Å². The lowest BCUT2D eigenvalue weighted by Gasteiger charge is -2.34. The number of carbonyl (C=O) groups is 1. The standard InChI is InChI=1S/C20H24N4O6S/c1-15-14-17(24(26)27)4-7-19(15)30-13-8-20(25)22-9-11-23(12-10-22)31(28,29)18-5-2-16(21)3-6-18/h2-7,14H,8-13,21H2,1H3. The van der Waals surface area contributed by atoms with E-state index in [1.807, 2.05) is 0 Å². The first kappa shape index (κ1) is 22.5. The zero-order valence-electron chi connectivity index (χ0n) is 17.1. The first-order valence-corrected chi connectivity index (χ1v) is 11.1. The van der Waals surface area contributed by atoms with E-state index < -0.39 is 14.9 Å². The highest BCUT2D eigenvalue weighted by Crippen LogP contribution is 2.23. The van der Waals surface area contributed by atoms with Crippen LogP contribution in [0.25, 0.3) is 0 Å². The average Bonchev–Trinajstić information content (AvgIpc) is 2.75. The summed E-state index contributed by atoms with van der Waals surface area (Å²) in [6, 6.07) is 10.3. The number of carbonyl (C=O) groups excluding carboxylic acids is 1. The van der Waals surface area contributed by atoms with Crippen molar-refractivity contribution in [3.63, 3.8) is 0 Å². The molecule has 0 bridgehead atoms. The molecule has 1 aliphatic rings. The van der Waals surface area contributed by atoms with E-state index in [9.17, 15) is 23.3 Å². The molecule has 0 aromatic heterocycles. The van der Waals surface area contributed by atoms with E-state index in [2.05, 4.69) is 0 Å². The minimum atomic E-state index is -3.63. The Kier molecular flexibility index (Phi) is 6.76. The van der Waals surface area contributed by atoms with Crippen LogP contribution in [0.3, 0.4) is 0 Å². The molecule has 0 spiro atoms. The predicted octanol–water partition coefficient (Wildman–Crippen LogP) is 1.79. The quantitative estimate of drug-likeness (QED) is 0.387. The number of sulfonamides is 1. The van der Waals surface area contributed by atoms with Gasteiger partial charge in [-0.25, -0.2) is 8.42 Å². The lowest BCUT2D eigenvalue weighted by molar-refractivity contribution is -0.384. The lowest BCUT2D eigenvalue weighted by atomic mass is 10.2. The highest BCUT2D eigenvalue weighted by Gasteiger charge is 2.30. The van der Waals surface area contributed by atoms with Gasteiger partial charge in [0.05, 0.1) is 22.8 Å². The molecule has 1 saturated heterocycles. The van der Waals surface area contributed by atoms with Gasteiger partial charge in [0.15, 0.2) is 0 Å². The van der Waals surface area contributed by atoms with Gasteiger partial charge < -0.3 is 15.4 Å². The number of ether oxygens (including phenoxy) is 1. The number of nitrogen functional groups attached to an aromatic ring is 1. The van der Waals surface area contributed by atoms with E-state index in [-0.39, 0.29) is 42.6 Å². The second-order valence-electron chi connectivity index (χ2n) is 7.16. The van der Waals surface area contributed by atoms with Crippen molar-refractivity contribution in [2.24, 2.45) is 0 Å². The van der Waals surface area contributed by atoms with Crippen LogP contribution in [-0.4, -0.2) is 61.2 Å². The van der Waals surface area contributed by atoms with Crippen LogP contribution >= 0.6 is 0 Å². The Balaban J connectivity index is 1.49. The number of nitro benzene ring substituents is 1. The summed E-state index contributed by atoms with van der Waals surface area (Å²) < 4.78 is 32.4. The fourth-order valence-electron chi connectivity index (χ4n) is 3.28. The highest BCUT2D eigenvalue weighted by atomic mass is 32.2. The molecule has 0 aliphatic carbocycles. The molecule has 0 saturated carbocycles. The third kappa shape index (κ3) is 5.30. The Bertz CT molecular complexity index is 1060. The molecule has 2 aromatic carbocycles. The summed E-state index contributed by atoms with van der Waals surface area (Å²) in [4.78, 5) is 24.6. The Morgan fingerprint density at radius 1 is 1.13 bits per heavy atom. The molecule has 1 aliphatic heterocycles. The molecular formula is C20H24N4O6S. The average molecular weight is 449 g/mol. The Hall–Kier alpha value is -3.18.